The number of aliphatic hydroxyl groups is 4. The second kappa shape index (κ2) is 10.8. The summed E-state index contributed by atoms with van der Waals surface area (Å²) in [7, 11) is 0. The third-order valence-electron chi connectivity index (χ3n) is 6.83. The van der Waals surface area contributed by atoms with Crippen LogP contribution in [0.2, 0.25) is 0 Å². The molecule has 1 aromatic rings. The zero-order chi connectivity index (χ0) is 26.9. The summed E-state index contributed by atoms with van der Waals surface area (Å²) >= 11 is 0. The van der Waals surface area contributed by atoms with Crippen molar-refractivity contribution in [2.75, 3.05) is 6.61 Å². The van der Waals surface area contributed by atoms with E-state index in [0.29, 0.717) is 5.56 Å². The Bertz CT molecular complexity index is 1050. The number of carboxylic acid groups (broad SMARTS) is 1. The van der Waals surface area contributed by atoms with Crippen LogP contribution in [0.3, 0.4) is 0 Å². The summed E-state index contributed by atoms with van der Waals surface area (Å²) in [6.07, 6.45) is -4.91. The van der Waals surface area contributed by atoms with Crippen LogP contribution in [-0.4, -0.2) is 91.8 Å². The molecule has 0 amide bonds. The Morgan fingerprint density at radius 1 is 1.14 bits per heavy atom. The minimum absolute atomic E-state index is 0.0155. The minimum atomic E-state index is -1.70. The molecule has 9 unspecified atom stereocenters. The van der Waals surface area contributed by atoms with E-state index in [0.717, 1.165) is 12.3 Å². The lowest BCUT2D eigenvalue weighted by atomic mass is 9.87. The van der Waals surface area contributed by atoms with E-state index in [9.17, 15) is 40.2 Å². The molecule has 0 radical (unpaired) electrons. The van der Waals surface area contributed by atoms with Gasteiger partial charge in [-0.1, -0.05) is 12.1 Å². The summed E-state index contributed by atoms with van der Waals surface area (Å²) in [5.41, 5.74) is -0.613. The molecule has 9 atom stereocenters. The van der Waals surface area contributed by atoms with Crippen molar-refractivity contribution in [3.05, 3.63) is 47.7 Å². The summed E-state index contributed by atoms with van der Waals surface area (Å²) in [6.45, 7) is 0.904. The maximum Gasteiger partial charge on any atom is 0.334 e. The Morgan fingerprint density at radius 3 is 2.49 bits per heavy atom. The smallest absolute Gasteiger partial charge is 0.334 e. The summed E-state index contributed by atoms with van der Waals surface area (Å²) in [5, 5.41) is 60.1. The molecular weight excluding hydrogens is 492 g/mol. The van der Waals surface area contributed by atoms with Gasteiger partial charge in [-0.2, -0.15) is 0 Å². The molecule has 4 rings (SSSR count). The number of hydrogen-bond acceptors (Lipinski definition) is 11. The number of carbonyl (C=O) groups is 2. The van der Waals surface area contributed by atoms with Crippen molar-refractivity contribution in [2.45, 2.75) is 62.4 Å². The quantitative estimate of drug-likeness (QED) is 0.206. The zero-order valence-electron chi connectivity index (χ0n) is 19.9. The van der Waals surface area contributed by atoms with Crippen LogP contribution in [0, 0.1) is 11.8 Å². The van der Waals surface area contributed by atoms with Crippen LogP contribution in [0.4, 0.5) is 0 Å². The number of carboxylic acids is 1. The molecule has 2 aliphatic heterocycles. The van der Waals surface area contributed by atoms with Gasteiger partial charge in [-0.3, -0.25) is 0 Å². The van der Waals surface area contributed by atoms with Crippen LogP contribution in [0.25, 0.3) is 6.08 Å². The van der Waals surface area contributed by atoms with E-state index in [-0.39, 0.29) is 24.2 Å². The van der Waals surface area contributed by atoms with Gasteiger partial charge in [0, 0.05) is 17.9 Å². The monoisotopic (exact) mass is 522 g/mol. The number of rotatable bonds is 7. The van der Waals surface area contributed by atoms with Crippen LogP contribution in [-0.2, 0) is 28.5 Å². The molecule has 202 valence electrons. The Hall–Kier alpha value is -3.00. The van der Waals surface area contributed by atoms with Crippen molar-refractivity contribution in [1.29, 1.82) is 0 Å². The highest BCUT2D eigenvalue weighted by molar-refractivity contribution is 5.87. The molecule has 1 saturated carbocycles. The molecule has 0 spiro atoms. The number of hydrogen-bond donors (Lipinski definition) is 6. The van der Waals surface area contributed by atoms with Crippen LogP contribution in [0.15, 0.2) is 42.2 Å². The van der Waals surface area contributed by atoms with Gasteiger partial charge in [0.25, 0.3) is 0 Å². The second-order valence-electron chi connectivity index (χ2n) is 9.73. The average Bonchev–Trinajstić information content (AvgIpc) is 3.18. The van der Waals surface area contributed by atoms with Crippen LogP contribution < -0.4 is 0 Å². The fraction of sp³-hybridized carbons (Fsp3) is 0.520. The van der Waals surface area contributed by atoms with E-state index in [4.69, 9.17) is 18.9 Å². The van der Waals surface area contributed by atoms with Crippen molar-refractivity contribution < 1.29 is 59.2 Å². The molecule has 1 aromatic carbocycles. The number of aromatic hydroxyl groups is 1. The van der Waals surface area contributed by atoms with Crippen molar-refractivity contribution in [1.82, 2.24) is 0 Å². The van der Waals surface area contributed by atoms with Gasteiger partial charge in [0.05, 0.1) is 24.0 Å². The molecule has 1 saturated heterocycles. The molecule has 12 nitrogen and oxygen atoms in total. The first-order valence-corrected chi connectivity index (χ1v) is 11.8. The topological polar surface area (TPSA) is 192 Å². The van der Waals surface area contributed by atoms with E-state index in [1.54, 1.807) is 19.1 Å². The van der Waals surface area contributed by atoms with Crippen LogP contribution >= 0.6 is 0 Å². The van der Waals surface area contributed by atoms with Gasteiger partial charge in [0.1, 0.15) is 24.1 Å². The first kappa shape index (κ1) is 27.0. The molecule has 12 heteroatoms. The highest BCUT2D eigenvalue weighted by Crippen LogP contribution is 2.48. The van der Waals surface area contributed by atoms with Gasteiger partial charge in [0.2, 0.25) is 12.6 Å². The summed E-state index contributed by atoms with van der Waals surface area (Å²) in [4.78, 5) is 24.2. The fourth-order valence-electron chi connectivity index (χ4n) is 5.00. The molecule has 2 fully saturated rings. The maximum atomic E-state index is 12.5. The zero-order valence-corrected chi connectivity index (χ0v) is 19.9. The molecule has 37 heavy (non-hydrogen) atoms. The van der Waals surface area contributed by atoms with E-state index >= 15 is 0 Å². The van der Waals surface area contributed by atoms with E-state index in [2.05, 4.69) is 0 Å². The molecule has 2 heterocycles. The Labute approximate surface area is 212 Å². The molecule has 1 aliphatic carbocycles. The minimum Gasteiger partial charge on any atom is -0.508 e. The van der Waals surface area contributed by atoms with Gasteiger partial charge in [-0.05, 0) is 43.5 Å². The van der Waals surface area contributed by atoms with Gasteiger partial charge in [-0.15, -0.1) is 0 Å². The first-order chi connectivity index (χ1) is 17.5. The number of aliphatic carboxylic acids is 1. The molecular formula is C25H30O12. The number of fused-ring (bicyclic) bond motifs is 1. The maximum absolute atomic E-state index is 12.5. The number of ether oxygens (including phenoxy) is 4. The highest BCUT2D eigenvalue weighted by Gasteiger charge is 2.54. The number of benzene rings is 1. The summed E-state index contributed by atoms with van der Waals surface area (Å²) < 4.78 is 22.4. The number of esters is 1. The predicted molar refractivity (Wildman–Crippen MR) is 123 cm³/mol. The fourth-order valence-corrected chi connectivity index (χ4v) is 5.00. The Balaban J connectivity index is 1.53. The normalized spacial score (nSPS) is 37.5. The molecule has 6 N–H and O–H groups in total. The largest absolute Gasteiger partial charge is 0.508 e. The first-order valence-electron chi connectivity index (χ1n) is 11.8. The van der Waals surface area contributed by atoms with Gasteiger partial charge in [-0.25, -0.2) is 9.59 Å². The van der Waals surface area contributed by atoms with Crippen molar-refractivity contribution in [2.24, 2.45) is 11.8 Å². The Kier molecular flexibility index (Phi) is 7.88. The number of aliphatic hydroxyl groups excluding tert-OH is 3. The van der Waals surface area contributed by atoms with Crippen molar-refractivity contribution >= 4 is 18.0 Å². The SMILES string of the molecule is CC1(O)CC2C(C(=O)O)=COC(OC3OC(CO)C(O)C(O)C3OC(=O)C=Cc3ccc(O)cc3)C2C1. The van der Waals surface area contributed by atoms with Crippen molar-refractivity contribution in [3.8, 4) is 5.75 Å². The van der Waals surface area contributed by atoms with E-state index in [1.807, 2.05) is 0 Å². The van der Waals surface area contributed by atoms with E-state index < -0.39 is 73.0 Å². The standard InChI is InChI=1S/C25H30O12/c1-25(33)8-14-15(9-25)23(34-11-16(14)22(31)32)37-24-21(20(30)19(29)17(10-26)35-24)36-18(28)7-4-12-2-5-13(27)6-3-12/h2-7,11,14-15,17,19-21,23-24,26-27,29-30,33H,8-10H2,1H3,(H,31,32). The highest BCUT2D eigenvalue weighted by atomic mass is 16.8. The second-order valence-corrected chi connectivity index (χ2v) is 9.73. The average molecular weight is 523 g/mol. The molecule has 0 bridgehead atoms. The third-order valence-corrected chi connectivity index (χ3v) is 6.83. The number of phenols is 1. The number of carbonyl (C=O) groups excluding carboxylic acids is 1. The lowest BCUT2D eigenvalue weighted by molar-refractivity contribution is -0.342. The number of phenolic OH excluding ortho intramolecular Hbond substituents is 1. The van der Waals surface area contributed by atoms with Crippen LogP contribution in [0.1, 0.15) is 25.3 Å². The van der Waals surface area contributed by atoms with Crippen LogP contribution in [0.5, 0.6) is 5.75 Å². The molecule has 3 aliphatic rings. The van der Waals surface area contributed by atoms with Gasteiger partial charge >= 0.3 is 11.9 Å². The predicted octanol–water partition coefficient (Wildman–Crippen LogP) is -0.125. The van der Waals surface area contributed by atoms with Gasteiger partial charge in [0.15, 0.2) is 6.10 Å². The van der Waals surface area contributed by atoms with E-state index in [1.165, 1.54) is 18.2 Å². The summed E-state index contributed by atoms with van der Waals surface area (Å²) in [5.74, 6) is -3.23. The Morgan fingerprint density at radius 2 is 1.84 bits per heavy atom. The summed E-state index contributed by atoms with van der Waals surface area (Å²) in [6, 6.07) is 5.99. The third kappa shape index (κ3) is 5.95. The lowest BCUT2D eigenvalue weighted by Gasteiger charge is -2.43. The lowest BCUT2D eigenvalue weighted by Crippen LogP contribution is -2.61. The van der Waals surface area contributed by atoms with Crippen molar-refractivity contribution in [3.63, 3.8) is 0 Å². The molecule has 0 aromatic heterocycles. The van der Waals surface area contributed by atoms with Gasteiger partial charge < -0.3 is 49.6 Å².